The zero-order valence-electron chi connectivity index (χ0n) is 10.8. The van der Waals surface area contributed by atoms with E-state index in [1.807, 2.05) is 0 Å². The molecule has 1 aliphatic heterocycles. The predicted octanol–water partition coefficient (Wildman–Crippen LogP) is 0.523. The third-order valence-corrected chi connectivity index (χ3v) is 4.11. The number of likely N-dealkylation sites (tertiary alicyclic amines) is 1. The van der Waals surface area contributed by atoms with Gasteiger partial charge >= 0.3 is 5.97 Å². The summed E-state index contributed by atoms with van der Waals surface area (Å²) in [5.74, 6) is -0.541. The number of carbonyl (C=O) groups is 1. The van der Waals surface area contributed by atoms with Gasteiger partial charge in [-0.25, -0.2) is 0 Å². The van der Waals surface area contributed by atoms with Crippen LogP contribution in [0.4, 0.5) is 5.95 Å². The van der Waals surface area contributed by atoms with Crippen molar-refractivity contribution >= 4 is 23.7 Å². The zero-order valence-corrected chi connectivity index (χ0v) is 11.6. The highest BCUT2D eigenvalue weighted by molar-refractivity contribution is 7.99. The minimum Gasteiger partial charge on any atom is -0.481 e. The number of thioether (sulfide) groups is 1. The maximum Gasteiger partial charge on any atom is 0.313 e. The molecule has 1 aliphatic rings. The van der Waals surface area contributed by atoms with Gasteiger partial charge in [-0.15, -0.1) is 10.2 Å². The lowest BCUT2D eigenvalue weighted by Gasteiger charge is -2.26. The summed E-state index contributed by atoms with van der Waals surface area (Å²) in [6, 6.07) is 0. The molecule has 0 spiro atoms. The Balaban J connectivity index is 1.90. The van der Waals surface area contributed by atoms with E-state index in [2.05, 4.69) is 15.1 Å². The van der Waals surface area contributed by atoms with Gasteiger partial charge < -0.3 is 15.7 Å². The van der Waals surface area contributed by atoms with Crippen LogP contribution in [0, 0.1) is 0 Å². The lowest BCUT2D eigenvalue weighted by molar-refractivity contribution is -0.133. The summed E-state index contributed by atoms with van der Waals surface area (Å²) in [5.41, 5.74) is 5.77. The second-order valence-electron chi connectivity index (χ2n) is 4.58. The van der Waals surface area contributed by atoms with Crippen molar-refractivity contribution < 1.29 is 9.90 Å². The molecule has 0 amide bonds. The molecule has 0 unspecified atom stereocenters. The predicted molar refractivity (Wildman–Crippen MR) is 73.1 cm³/mol. The van der Waals surface area contributed by atoms with Crippen LogP contribution < -0.4 is 5.73 Å². The molecule has 106 valence electrons. The highest BCUT2D eigenvalue weighted by atomic mass is 32.2. The molecular weight excluding hydrogens is 266 g/mol. The molecule has 1 aromatic heterocycles. The van der Waals surface area contributed by atoms with Gasteiger partial charge in [0.1, 0.15) is 0 Å². The summed E-state index contributed by atoms with van der Waals surface area (Å²) < 4.78 is 1.79. The maximum absolute atomic E-state index is 10.6. The number of anilines is 1. The quantitative estimate of drug-likeness (QED) is 0.735. The third-order valence-electron chi connectivity index (χ3n) is 3.16. The molecule has 0 radical (unpaired) electrons. The Bertz CT molecular complexity index is 431. The topological polar surface area (TPSA) is 97.3 Å². The van der Waals surface area contributed by atoms with Crippen molar-refractivity contribution in [3.8, 4) is 0 Å². The molecular formula is C11H19N5O2S. The number of hydrogen-bond donors (Lipinski definition) is 2. The number of nitrogens with two attached hydrogens (primary N) is 1. The first-order chi connectivity index (χ1) is 9.16. The van der Waals surface area contributed by atoms with Crippen LogP contribution >= 0.6 is 11.8 Å². The SMILES string of the molecule is Nc1nnc(SCC(=O)O)n1CCN1CCCCC1. The minimum atomic E-state index is -0.867. The first-order valence-electron chi connectivity index (χ1n) is 6.42. The largest absolute Gasteiger partial charge is 0.481 e. The normalized spacial score (nSPS) is 16.6. The summed E-state index contributed by atoms with van der Waals surface area (Å²) in [5, 5.41) is 17.0. The molecule has 0 aliphatic carbocycles. The molecule has 19 heavy (non-hydrogen) atoms. The van der Waals surface area contributed by atoms with Crippen LogP contribution in [0.1, 0.15) is 19.3 Å². The fraction of sp³-hybridized carbons (Fsp3) is 0.727. The summed E-state index contributed by atoms with van der Waals surface area (Å²) in [4.78, 5) is 13.0. The lowest BCUT2D eigenvalue weighted by atomic mass is 10.1. The Morgan fingerprint density at radius 3 is 2.68 bits per heavy atom. The fourth-order valence-corrected chi connectivity index (χ4v) is 2.86. The number of nitrogens with zero attached hydrogens (tertiary/aromatic N) is 4. The van der Waals surface area contributed by atoms with E-state index < -0.39 is 5.97 Å². The Labute approximate surface area is 116 Å². The smallest absolute Gasteiger partial charge is 0.313 e. The van der Waals surface area contributed by atoms with E-state index >= 15 is 0 Å². The maximum atomic E-state index is 10.6. The van der Waals surface area contributed by atoms with Gasteiger partial charge in [0.15, 0.2) is 5.16 Å². The summed E-state index contributed by atoms with van der Waals surface area (Å²) in [7, 11) is 0. The van der Waals surface area contributed by atoms with Gasteiger partial charge in [-0.1, -0.05) is 18.2 Å². The van der Waals surface area contributed by atoms with E-state index in [1.165, 1.54) is 19.3 Å². The Hall–Kier alpha value is -1.28. The molecule has 3 N–H and O–H groups in total. The van der Waals surface area contributed by atoms with E-state index in [4.69, 9.17) is 10.8 Å². The Kier molecular flexibility index (Phi) is 5.03. The van der Waals surface area contributed by atoms with Gasteiger partial charge in [0.05, 0.1) is 5.75 Å². The minimum absolute atomic E-state index is 0.0259. The monoisotopic (exact) mass is 285 g/mol. The molecule has 1 fully saturated rings. The molecule has 0 bridgehead atoms. The van der Waals surface area contributed by atoms with Crippen molar-refractivity contribution in [2.45, 2.75) is 31.0 Å². The average molecular weight is 285 g/mol. The summed E-state index contributed by atoms with van der Waals surface area (Å²) in [6.07, 6.45) is 3.81. The van der Waals surface area contributed by atoms with Crippen LogP contribution in [0.5, 0.6) is 0 Å². The summed E-state index contributed by atoms with van der Waals surface area (Å²) >= 11 is 1.15. The number of rotatable bonds is 6. The van der Waals surface area contributed by atoms with Crippen molar-refractivity contribution in [2.75, 3.05) is 31.1 Å². The standard InChI is InChI=1S/C11H19N5O2S/c12-10-13-14-11(19-8-9(17)18)16(10)7-6-15-4-2-1-3-5-15/h1-8H2,(H2,12,13)(H,17,18). The van der Waals surface area contributed by atoms with Crippen LogP contribution in [0.3, 0.4) is 0 Å². The van der Waals surface area contributed by atoms with Gasteiger partial charge in [0, 0.05) is 13.1 Å². The van der Waals surface area contributed by atoms with Crippen LogP contribution in [0.25, 0.3) is 0 Å². The van der Waals surface area contributed by atoms with Crippen LogP contribution in [0.15, 0.2) is 5.16 Å². The first kappa shape index (κ1) is 14.1. The van der Waals surface area contributed by atoms with Crippen LogP contribution in [0.2, 0.25) is 0 Å². The molecule has 0 saturated carbocycles. The number of hydrogen-bond acceptors (Lipinski definition) is 6. The highest BCUT2D eigenvalue weighted by Crippen LogP contribution is 2.18. The zero-order chi connectivity index (χ0) is 13.7. The van der Waals surface area contributed by atoms with E-state index in [0.717, 1.165) is 31.4 Å². The van der Waals surface area contributed by atoms with Crippen molar-refractivity contribution in [1.82, 2.24) is 19.7 Å². The van der Waals surface area contributed by atoms with Gasteiger partial charge in [0.25, 0.3) is 0 Å². The Morgan fingerprint density at radius 1 is 1.26 bits per heavy atom. The van der Waals surface area contributed by atoms with E-state index in [9.17, 15) is 4.79 Å². The van der Waals surface area contributed by atoms with E-state index in [1.54, 1.807) is 4.57 Å². The van der Waals surface area contributed by atoms with Crippen LogP contribution in [-0.2, 0) is 11.3 Å². The number of piperidine rings is 1. The number of aromatic nitrogens is 3. The average Bonchev–Trinajstić information content (AvgIpc) is 2.76. The third kappa shape index (κ3) is 4.10. The second-order valence-corrected chi connectivity index (χ2v) is 5.52. The van der Waals surface area contributed by atoms with Gasteiger partial charge in [-0.2, -0.15) is 0 Å². The van der Waals surface area contributed by atoms with Gasteiger partial charge in [0.2, 0.25) is 5.95 Å². The van der Waals surface area contributed by atoms with Crippen molar-refractivity contribution in [1.29, 1.82) is 0 Å². The summed E-state index contributed by atoms with van der Waals surface area (Å²) in [6.45, 7) is 3.86. The van der Waals surface area contributed by atoms with Crippen molar-refractivity contribution in [3.63, 3.8) is 0 Å². The number of aliphatic carboxylic acids is 1. The molecule has 2 rings (SSSR count). The fourth-order valence-electron chi connectivity index (χ4n) is 2.17. The first-order valence-corrected chi connectivity index (χ1v) is 7.41. The molecule has 8 heteroatoms. The molecule has 0 atom stereocenters. The molecule has 0 aromatic carbocycles. The number of nitrogen functional groups attached to an aromatic ring is 1. The number of carboxylic acids is 1. The van der Waals surface area contributed by atoms with Crippen LogP contribution in [-0.4, -0.2) is 56.1 Å². The Morgan fingerprint density at radius 2 is 2.00 bits per heavy atom. The van der Waals surface area contributed by atoms with E-state index in [0.29, 0.717) is 17.6 Å². The molecule has 1 aromatic rings. The highest BCUT2D eigenvalue weighted by Gasteiger charge is 2.14. The van der Waals surface area contributed by atoms with Gasteiger partial charge in [-0.05, 0) is 25.9 Å². The number of carboxylic acid groups (broad SMARTS) is 1. The molecule has 7 nitrogen and oxygen atoms in total. The van der Waals surface area contributed by atoms with Gasteiger partial charge in [-0.3, -0.25) is 9.36 Å². The molecule has 2 heterocycles. The lowest BCUT2D eigenvalue weighted by Crippen LogP contribution is -2.32. The molecule has 1 saturated heterocycles. The van der Waals surface area contributed by atoms with Crippen molar-refractivity contribution in [2.24, 2.45) is 0 Å². The van der Waals surface area contributed by atoms with Crippen molar-refractivity contribution in [3.05, 3.63) is 0 Å². The second kappa shape index (κ2) is 6.76. The van der Waals surface area contributed by atoms with E-state index in [-0.39, 0.29) is 5.75 Å².